The molecule has 0 saturated carbocycles. The summed E-state index contributed by atoms with van der Waals surface area (Å²) in [4.78, 5) is 6.71. The first-order valence-electron chi connectivity index (χ1n) is 5.81. The maximum Gasteiger partial charge on any atom is 0.215 e. The number of ether oxygens (including phenoxy) is 1. The maximum atomic E-state index is 6.00. The van der Waals surface area contributed by atoms with Crippen molar-refractivity contribution < 1.29 is 4.74 Å². The molecule has 2 atom stereocenters. The van der Waals surface area contributed by atoms with Crippen LogP contribution in [0.1, 0.15) is 13.8 Å². The van der Waals surface area contributed by atoms with Gasteiger partial charge in [0.1, 0.15) is 0 Å². The summed E-state index contributed by atoms with van der Waals surface area (Å²) >= 11 is 2.01. The fourth-order valence-corrected chi connectivity index (χ4v) is 3.48. The van der Waals surface area contributed by atoms with Crippen molar-refractivity contribution in [2.45, 2.75) is 24.3 Å². The van der Waals surface area contributed by atoms with Crippen LogP contribution in [0.5, 0.6) is 5.88 Å². The van der Waals surface area contributed by atoms with Crippen molar-refractivity contribution >= 4 is 23.3 Å². The second kappa shape index (κ2) is 5.04. The summed E-state index contributed by atoms with van der Waals surface area (Å²) in [5, 5.41) is 1.21. The summed E-state index contributed by atoms with van der Waals surface area (Å²) in [5.74, 6) is 1.47. The molecule has 0 radical (unpaired) electrons. The molecule has 1 saturated heterocycles. The Morgan fingerprint density at radius 1 is 1.35 bits per heavy atom. The summed E-state index contributed by atoms with van der Waals surface area (Å²) < 4.78 is 5.16. The number of hydrogen-bond acceptors (Lipinski definition) is 5. The van der Waals surface area contributed by atoms with Gasteiger partial charge in [-0.25, -0.2) is 0 Å². The van der Waals surface area contributed by atoms with Crippen LogP contribution in [0.2, 0.25) is 0 Å². The lowest BCUT2D eigenvalue weighted by Gasteiger charge is -2.35. The Kier molecular flexibility index (Phi) is 3.66. The number of thioether (sulfide) groups is 1. The number of hydrogen-bond donors (Lipinski definition) is 1. The Morgan fingerprint density at radius 2 is 2.00 bits per heavy atom. The van der Waals surface area contributed by atoms with Gasteiger partial charge >= 0.3 is 0 Å². The number of rotatable bonds is 2. The normalized spacial score (nSPS) is 24.8. The number of nitrogens with two attached hydrogens (primary N) is 1. The van der Waals surface area contributed by atoms with Crippen molar-refractivity contribution in [2.24, 2.45) is 0 Å². The molecule has 0 spiro atoms. The molecular weight excluding hydrogens is 234 g/mol. The van der Waals surface area contributed by atoms with Gasteiger partial charge in [0.15, 0.2) is 5.82 Å². The van der Waals surface area contributed by atoms with E-state index >= 15 is 0 Å². The van der Waals surface area contributed by atoms with E-state index in [-0.39, 0.29) is 0 Å². The van der Waals surface area contributed by atoms with Crippen molar-refractivity contribution in [2.75, 3.05) is 30.8 Å². The van der Waals surface area contributed by atoms with Crippen LogP contribution in [0.15, 0.2) is 12.1 Å². The molecule has 0 aromatic carbocycles. The topological polar surface area (TPSA) is 51.4 Å². The van der Waals surface area contributed by atoms with Gasteiger partial charge in [-0.1, -0.05) is 13.8 Å². The molecule has 1 fully saturated rings. The zero-order valence-electron chi connectivity index (χ0n) is 10.5. The second-order valence-electron chi connectivity index (χ2n) is 4.43. The number of anilines is 2. The van der Waals surface area contributed by atoms with E-state index in [1.165, 1.54) is 0 Å². The van der Waals surface area contributed by atoms with E-state index in [1.54, 1.807) is 13.2 Å². The highest BCUT2D eigenvalue weighted by Crippen LogP contribution is 2.31. The van der Waals surface area contributed by atoms with Crippen LogP contribution in [-0.2, 0) is 0 Å². The van der Waals surface area contributed by atoms with E-state index in [1.807, 2.05) is 17.8 Å². The quantitative estimate of drug-likeness (QED) is 0.873. The highest BCUT2D eigenvalue weighted by atomic mass is 32.2. The largest absolute Gasteiger partial charge is 0.481 e. The standard InChI is InChI=1S/C12H19N3OS/c1-8-6-15(7-9(2)17-8)12-10(13)4-5-11(14-12)16-3/h4-5,8-9H,6-7,13H2,1-3H3. The molecule has 2 rings (SSSR count). The van der Waals surface area contributed by atoms with E-state index in [0.29, 0.717) is 16.4 Å². The van der Waals surface area contributed by atoms with Gasteiger partial charge in [0.25, 0.3) is 0 Å². The minimum absolute atomic E-state index is 0.603. The third kappa shape index (κ3) is 2.77. The van der Waals surface area contributed by atoms with Crippen molar-refractivity contribution in [3.8, 4) is 5.88 Å². The molecule has 1 aromatic heterocycles. The average molecular weight is 253 g/mol. The lowest BCUT2D eigenvalue weighted by molar-refractivity contribution is 0.398. The average Bonchev–Trinajstić information content (AvgIpc) is 2.28. The number of nitrogen functional groups attached to an aromatic ring is 1. The Balaban J connectivity index is 2.26. The number of nitrogens with zero attached hydrogens (tertiary/aromatic N) is 2. The summed E-state index contributed by atoms with van der Waals surface area (Å²) in [6.07, 6.45) is 0. The predicted octanol–water partition coefficient (Wildman–Crippen LogP) is 2.00. The minimum Gasteiger partial charge on any atom is -0.481 e. The van der Waals surface area contributed by atoms with Crippen molar-refractivity contribution in [3.05, 3.63) is 12.1 Å². The van der Waals surface area contributed by atoms with Gasteiger partial charge in [0.05, 0.1) is 12.8 Å². The third-order valence-electron chi connectivity index (χ3n) is 2.81. The van der Waals surface area contributed by atoms with Gasteiger partial charge in [0.2, 0.25) is 5.88 Å². The first kappa shape index (κ1) is 12.4. The molecule has 94 valence electrons. The molecule has 0 amide bonds. The zero-order chi connectivity index (χ0) is 12.4. The minimum atomic E-state index is 0.603. The SMILES string of the molecule is COc1ccc(N)c(N2CC(C)SC(C)C2)n1. The van der Waals surface area contributed by atoms with E-state index in [4.69, 9.17) is 10.5 Å². The van der Waals surface area contributed by atoms with Crippen LogP contribution >= 0.6 is 11.8 Å². The van der Waals surface area contributed by atoms with Gasteiger partial charge in [0, 0.05) is 29.7 Å². The first-order chi connectivity index (χ1) is 8.10. The van der Waals surface area contributed by atoms with Crippen LogP contribution < -0.4 is 15.4 Å². The molecule has 1 aromatic rings. The zero-order valence-corrected chi connectivity index (χ0v) is 11.3. The molecule has 4 nitrogen and oxygen atoms in total. The van der Waals surface area contributed by atoms with Crippen LogP contribution in [0.3, 0.4) is 0 Å². The molecule has 1 aliphatic rings. The molecule has 2 N–H and O–H groups in total. The number of methoxy groups -OCH3 is 1. The highest BCUT2D eigenvalue weighted by molar-refractivity contribution is 8.00. The van der Waals surface area contributed by atoms with E-state index in [9.17, 15) is 0 Å². The molecule has 5 heteroatoms. The molecule has 0 bridgehead atoms. The Hall–Kier alpha value is -1.10. The Bertz CT molecular complexity index is 389. The predicted molar refractivity (Wildman–Crippen MR) is 73.9 cm³/mol. The fraction of sp³-hybridized carbons (Fsp3) is 0.583. The van der Waals surface area contributed by atoms with Crippen molar-refractivity contribution in [3.63, 3.8) is 0 Å². The molecule has 0 aliphatic carbocycles. The van der Waals surface area contributed by atoms with Crippen molar-refractivity contribution in [1.29, 1.82) is 0 Å². The van der Waals surface area contributed by atoms with Gasteiger partial charge < -0.3 is 15.4 Å². The summed E-state index contributed by atoms with van der Waals surface area (Å²) in [6, 6.07) is 3.66. The Morgan fingerprint density at radius 3 is 2.59 bits per heavy atom. The van der Waals surface area contributed by atoms with Gasteiger partial charge in [-0.3, -0.25) is 0 Å². The lowest BCUT2D eigenvalue weighted by Crippen LogP contribution is -2.41. The maximum absolute atomic E-state index is 6.00. The van der Waals surface area contributed by atoms with E-state index in [2.05, 4.69) is 23.7 Å². The lowest BCUT2D eigenvalue weighted by atomic mass is 10.3. The number of aromatic nitrogens is 1. The smallest absolute Gasteiger partial charge is 0.215 e. The molecule has 2 unspecified atom stereocenters. The number of pyridine rings is 1. The molecular formula is C12H19N3OS. The fourth-order valence-electron chi connectivity index (χ4n) is 2.16. The van der Waals surface area contributed by atoms with E-state index in [0.717, 1.165) is 24.6 Å². The van der Waals surface area contributed by atoms with E-state index < -0.39 is 0 Å². The van der Waals surface area contributed by atoms with Crippen LogP contribution in [0.4, 0.5) is 11.5 Å². The summed E-state index contributed by atoms with van der Waals surface area (Å²) in [6.45, 7) is 6.45. The second-order valence-corrected chi connectivity index (χ2v) is 6.31. The summed E-state index contributed by atoms with van der Waals surface area (Å²) in [5.41, 5.74) is 6.72. The Labute approximate surface area is 107 Å². The highest BCUT2D eigenvalue weighted by Gasteiger charge is 2.24. The van der Waals surface area contributed by atoms with Gasteiger partial charge in [-0.15, -0.1) is 0 Å². The molecule has 2 heterocycles. The third-order valence-corrected chi connectivity index (χ3v) is 4.04. The van der Waals surface area contributed by atoms with Crippen molar-refractivity contribution in [1.82, 2.24) is 4.98 Å². The first-order valence-corrected chi connectivity index (χ1v) is 6.75. The summed E-state index contributed by atoms with van der Waals surface area (Å²) in [7, 11) is 1.62. The van der Waals surface area contributed by atoms with Gasteiger partial charge in [-0.05, 0) is 6.07 Å². The molecule has 17 heavy (non-hydrogen) atoms. The van der Waals surface area contributed by atoms with Crippen LogP contribution in [0, 0.1) is 0 Å². The van der Waals surface area contributed by atoms with Gasteiger partial charge in [-0.2, -0.15) is 16.7 Å². The van der Waals surface area contributed by atoms with Crippen LogP contribution in [-0.4, -0.2) is 35.7 Å². The molecule has 1 aliphatic heterocycles. The van der Waals surface area contributed by atoms with Crippen LogP contribution in [0.25, 0.3) is 0 Å². The monoisotopic (exact) mass is 253 g/mol.